The van der Waals surface area contributed by atoms with Crippen LogP contribution >= 0.6 is 0 Å². The largest absolute Gasteiger partial charge is 0.292 e. The van der Waals surface area contributed by atoms with Gasteiger partial charge in [0, 0.05) is 17.2 Å². The Morgan fingerprint density at radius 2 is 1.68 bits per heavy atom. The van der Waals surface area contributed by atoms with E-state index >= 15 is 0 Å². The molecule has 0 spiro atoms. The molecular formula is C21H20N2O2. The first-order valence-electron chi connectivity index (χ1n) is 8.24. The molecule has 3 rings (SSSR count). The summed E-state index contributed by atoms with van der Waals surface area (Å²) in [5.41, 5.74) is 4.06. The van der Waals surface area contributed by atoms with E-state index in [9.17, 15) is 9.59 Å². The number of nitrogens with zero attached hydrogens (tertiary/aromatic N) is 2. The Balaban J connectivity index is 1.99. The zero-order valence-electron chi connectivity index (χ0n) is 14.6. The Hall–Kier alpha value is -3.01. The van der Waals surface area contributed by atoms with Crippen molar-refractivity contribution >= 4 is 5.78 Å². The van der Waals surface area contributed by atoms with Crippen LogP contribution in [0, 0.1) is 13.8 Å². The van der Waals surface area contributed by atoms with Crippen molar-refractivity contribution in [2.24, 2.45) is 0 Å². The lowest BCUT2D eigenvalue weighted by Gasteiger charge is -2.15. The van der Waals surface area contributed by atoms with E-state index in [1.54, 1.807) is 19.1 Å². The molecule has 2 aromatic carbocycles. The summed E-state index contributed by atoms with van der Waals surface area (Å²) in [5.74, 6) is -0.122. The minimum absolute atomic E-state index is 0.122. The molecule has 0 aliphatic heterocycles. The monoisotopic (exact) mass is 332 g/mol. The molecule has 0 saturated heterocycles. The summed E-state index contributed by atoms with van der Waals surface area (Å²) in [5, 5.41) is 4.41. The molecule has 0 saturated carbocycles. The summed E-state index contributed by atoms with van der Waals surface area (Å²) >= 11 is 0. The Bertz CT molecular complexity index is 975. The SMILES string of the molecule is Cc1ccc(C(=O)[C@@H](C)n2nc(-c3ccccc3)ccc2=O)cc1C. The van der Waals surface area contributed by atoms with Gasteiger partial charge < -0.3 is 0 Å². The quantitative estimate of drug-likeness (QED) is 0.679. The summed E-state index contributed by atoms with van der Waals surface area (Å²) in [6.45, 7) is 5.68. The Morgan fingerprint density at radius 1 is 0.960 bits per heavy atom. The molecule has 0 unspecified atom stereocenters. The van der Waals surface area contributed by atoms with Crippen molar-refractivity contribution in [3.63, 3.8) is 0 Å². The summed E-state index contributed by atoms with van der Waals surface area (Å²) in [6, 6.07) is 17.6. The molecule has 0 aliphatic carbocycles. The first-order valence-corrected chi connectivity index (χ1v) is 8.24. The highest BCUT2D eigenvalue weighted by molar-refractivity contribution is 5.98. The molecule has 0 aliphatic rings. The van der Waals surface area contributed by atoms with E-state index in [1.165, 1.54) is 10.7 Å². The number of benzene rings is 2. The van der Waals surface area contributed by atoms with Crippen molar-refractivity contribution in [3.8, 4) is 11.3 Å². The van der Waals surface area contributed by atoms with Gasteiger partial charge in [-0.3, -0.25) is 9.59 Å². The maximum Gasteiger partial charge on any atom is 0.267 e. The van der Waals surface area contributed by atoms with Gasteiger partial charge in [0.25, 0.3) is 5.56 Å². The fourth-order valence-corrected chi connectivity index (χ4v) is 2.71. The number of aryl methyl sites for hydroxylation is 2. The highest BCUT2D eigenvalue weighted by Gasteiger charge is 2.20. The van der Waals surface area contributed by atoms with Crippen molar-refractivity contribution in [2.75, 3.05) is 0 Å². The average Bonchev–Trinajstić information content (AvgIpc) is 2.64. The second-order valence-corrected chi connectivity index (χ2v) is 6.21. The third-order valence-electron chi connectivity index (χ3n) is 4.43. The van der Waals surface area contributed by atoms with Crippen LogP contribution < -0.4 is 5.56 Å². The molecule has 0 N–H and O–H groups in total. The second kappa shape index (κ2) is 6.85. The smallest absolute Gasteiger partial charge is 0.267 e. The predicted molar refractivity (Wildman–Crippen MR) is 98.9 cm³/mol. The van der Waals surface area contributed by atoms with Gasteiger partial charge in [0.2, 0.25) is 0 Å². The van der Waals surface area contributed by atoms with Crippen LogP contribution in [-0.4, -0.2) is 15.6 Å². The molecule has 0 fully saturated rings. The predicted octanol–water partition coefficient (Wildman–Crippen LogP) is 3.97. The number of ketones is 1. The van der Waals surface area contributed by atoms with Gasteiger partial charge in [-0.25, -0.2) is 4.68 Å². The number of Topliss-reactive ketones (excluding diaryl/α,β-unsaturated/α-hetero) is 1. The minimum atomic E-state index is -0.668. The van der Waals surface area contributed by atoms with E-state index in [2.05, 4.69) is 5.10 Å². The third kappa shape index (κ3) is 3.43. The minimum Gasteiger partial charge on any atom is -0.292 e. The fourth-order valence-electron chi connectivity index (χ4n) is 2.71. The van der Waals surface area contributed by atoms with E-state index in [-0.39, 0.29) is 11.3 Å². The standard InChI is InChI=1S/C21H20N2O2/c1-14-9-10-18(13-15(14)2)21(25)16(3)23-20(24)12-11-19(22-23)17-7-5-4-6-8-17/h4-13,16H,1-3H3/t16-/m1/s1. The maximum atomic E-state index is 12.8. The summed E-state index contributed by atoms with van der Waals surface area (Å²) in [4.78, 5) is 25.1. The van der Waals surface area contributed by atoms with Crippen molar-refractivity contribution in [1.82, 2.24) is 9.78 Å². The van der Waals surface area contributed by atoms with Crippen LogP contribution in [-0.2, 0) is 0 Å². The van der Waals surface area contributed by atoms with E-state index in [4.69, 9.17) is 0 Å². The Morgan fingerprint density at radius 3 is 2.36 bits per heavy atom. The van der Waals surface area contributed by atoms with Crippen LogP contribution in [0.1, 0.15) is 34.5 Å². The van der Waals surface area contributed by atoms with Gasteiger partial charge >= 0.3 is 0 Å². The topological polar surface area (TPSA) is 52.0 Å². The van der Waals surface area contributed by atoms with Gasteiger partial charge in [0.05, 0.1) is 5.69 Å². The normalized spacial score (nSPS) is 12.0. The van der Waals surface area contributed by atoms with Crippen molar-refractivity contribution in [2.45, 2.75) is 26.8 Å². The van der Waals surface area contributed by atoms with Gasteiger partial charge in [-0.2, -0.15) is 5.10 Å². The molecule has 0 amide bonds. The second-order valence-electron chi connectivity index (χ2n) is 6.21. The van der Waals surface area contributed by atoms with Crippen LogP contribution in [0.5, 0.6) is 0 Å². The summed E-state index contributed by atoms with van der Waals surface area (Å²) < 4.78 is 1.26. The Kier molecular flexibility index (Phi) is 4.61. The van der Waals surface area contributed by atoms with E-state index < -0.39 is 6.04 Å². The van der Waals surface area contributed by atoms with Gasteiger partial charge in [-0.1, -0.05) is 42.5 Å². The van der Waals surface area contributed by atoms with Crippen molar-refractivity contribution in [3.05, 3.63) is 87.7 Å². The molecule has 25 heavy (non-hydrogen) atoms. The molecular weight excluding hydrogens is 312 g/mol. The van der Waals surface area contributed by atoms with Crippen molar-refractivity contribution in [1.29, 1.82) is 0 Å². The lowest BCUT2D eigenvalue weighted by molar-refractivity contribution is 0.0925. The molecule has 0 radical (unpaired) electrons. The van der Waals surface area contributed by atoms with E-state index in [1.807, 2.05) is 56.3 Å². The van der Waals surface area contributed by atoms with E-state index in [0.717, 1.165) is 16.7 Å². The van der Waals surface area contributed by atoms with Crippen molar-refractivity contribution < 1.29 is 4.79 Å². The first-order chi connectivity index (χ1) is 12.0. The lowest BCUT2D eigenvalue weighted by atomic mass is 10.0. The summed E-state index contributed by atoms with van der Waals surface area (Å²) in [7, 11) is 0. The highest BCUT2D eigenvalue weighted by atomic mass is 16.1. The molecule has 126 valence electrons. The third-order valence-corrected chi connectivity index (χ3v) is 4.43. The van der Waals surface area contributed by atoms with Gasteiger partial charge in [-0.15, -0.1) is 0 Å². The molecule has 4 heteroatoms. The fraction of sp³-hybridized carbons (Fsp3) is 0.190. The van der Waals surface area contributed by atoms with Crippen LogP contribution in [0.25, 0.3) is 11.3 Å². The molecule has 3 aromatic rings. The lowest BCUT2D eigenvalue weighted by Crippen LogP contribution is -2.30. The Labute approximate surface area is 146 Å². The molecule has 0 bridgehead atoms. The molecule has 1 aromatic heterocycles. The number of hydrogen-bond acceptors (Lipinski definition) is 3. The summed E-state index contributed by atoms with van der Waals surface area (Å²) in [6.07, 6.45) is 0. The zero-order valence-corrected chi connectivity index (χ0v) is 14.6. The van der Waals surface area contributed by atoms with Crippen LogP contribution in [0.2, 0.25) is 0 Å². The van der Waals surface area contributed by atoms with Crippen LogP contribution in [0.15, 0.2) is 65.5 Å². The van der Waals surface area contributed by atoms with Crippen LogP contribution in [0.4, 0.5) is 0 Å². The molecule has 4 nitrogen and oxygen atoms in total. The molecule has 1 atom stereocenters. The average molecular weight is 332 g/mol. The zero-order chi connectivity index (χ0) is 18.0. The molecule has 1 heterocycles. The van der Waals surface area contributed by atoms with Gasteiger partial charge in [-0.05, 0) is 44.0 Å². The van der Waals surface area contributed by atoms with E-state index in [0.29, 0.717) is 11.3 Å². The highest BCUT2D eigenvalue weighted by Crippen LogP contribution is 2.18. The number of hydrogen-bond donors (Lipinski definition) is 0. The number of aromatic nitrogens is 2. The number of carbonyl (C=O) groups is 1. The van der Waals surface area contributed by atoms with Crippen LogP contribution in [0.3, 0.4) is 0 Å². The number of carbonyl (C=O) groups excluding carboxylic acids is 1. The number of rotatable bonds is 4. The first kappa shape index (κ1) is 16.8. The van der Waals surface area contributed by atoms with Gasteiger partial charge in [0.1, 0.15) is 6.04 Å². The van der Waals surface area contributed by atoms with Gasteiger partial charge in [0.15, 0.2) is 5.78 Å². The maximum absolute atomic E-state index is 12.8.